The molecule has 0 saturated carbocycles. The lowest BCUT2D eigenvalue weighted by molar-refractivity contribution is -0.141. The number of alkyl halides is 6. The number of nitrogens with zero attached hydrogens (tertiary/aromatic N) is 3. The van der Waals surface area contributed by atoms with Gasteiger partial charge in [-0.25, -0.2) is 4.98 Å². The van der Waals surface area contributed by atoms with Crippen LogP contribution in [0.3, 0.4) is 0 Å². The van der Waals surface area contributed by atoms with Gasteiger partial charge in [0.05, 0.1) is 12.8 Å². The first-order chi connectivity index (χ1) is 15.4. The van der Waals surface area contributed by atoms with Gasteiger partial charge in [-0.05, 0) is 54.2 Å². The van der Waals surface area contributed by atoms with E-state index in [4.69, 9.17) is 10.5 Å². The van der Waals surface area contributed by atoms with Crippen molar-refractivity contribution in [3.05, 3.63) is 70.8 Å². The zero-order chi connectivity index (χ0) is 24.0. The molecule has 5 nitrogen and oxygen atoms in total. The van der Waals surface area contributed by atoms with E-state index < -0.39 is 30.0 Å². The molecule has 0 radical (unpaired) electrons. The number of aryl methyl sites for hydroxylation is 1. The van der Waals surface area contributed by atoms with E-state index in [1.807, 2.05) is 12.1 Å². The number of pyridine rings is 1. The number of anilines is 1. The Morgan fingerprint density at radius 2 is 1.88 bits per heavy atom. The van der Waals surface area contributed by atoms with Crippen LogP contribution in [0.2, 0.25) is 0 Å². The van der Waals surface area contributed by atoms with Crippen LogP contribution in [0.15, 0.2) is 42.7 Å². The number of imidazole rings is 1. The highest BCUT2D eigenvalue weighted by Gasteiger charge is 2.43. The lowest BCUT2D eigenvalue weighted by Crippen LogP contribution is -2.28. The van der Waals surface area contributed by atoms with Crippen molar-refractivity contribution in [1.82, 2.24) is 14.5 Å². The summed E-state index contributed by atoms with van der Waals surface area (Å²) in [5.74, 6) is 0.345. The minimum atomic E-state index is -4.57. The molecule has 1 aliphatic rings. The van der Waals surface area contributed by atoms with Gasteiger partial charge >= 0.3 is 12.4 Å². The molecular formula is C22H20F6N4O. The van der Waals surface area contributed by atoms with E-state index in [0.29, 0.717) is 29.8 Å². The third kappa shape index (κ3) is 4.49. The molecule has 33 heavy (non-hydrogen) atoms. The second-order valence-corrected chi connectivity index (χ2v) is 8.06. The fraction of sp³-hybridized carbons (Fsp3) is 0.364. The molecular weight excluding hydrogens is 450 g/mol. The van der Waals surface area contributed by atoms with Gasteiger partial charge in [-0.15, -0.1) is 0 Å². The van der Waals surface area contributed by atoms with Gasteiger partial charge in [-0.3, -0.25) is 4.98 Å². The van der Waals surface area contributed by atoms with Gasteiger partial charge in [-0.2, -0.15) is 26.3 Å². The number of rotatable bonds is 5. The maximum atomic E-state index is 13.0. The van der Waals surface area contributed by atoms with Crippen LogP contribution >= 0.6 is 0 Å². The van der Waals surface area contributed by atoms with Gasteiger partial charge in [0.2, 0.25) is 5.95 Å². The molecule has 176 valence electrons. The van der Waals surface area contributed by atoms with Crippen molar-refractivity contribution >= 4 is 5.95 Å². The summed E-state index contributed by atoms with van der Waals surface area (Å²) in [6.07, 6.45) is -5.37. The van der Waals surface area contributed by atoms with Crippen molar-refractivity contribution in [1.29, 1.82) is 0 Å². The number of benzene rings is 1. The Hall–Kier alpha value is -3.24. The molecule has 2 N–H and O–H groups in total. The van der Waals surface area contributed by atoms with Crippen LogP contribution in [0, 0.1) is 0 Å². The first-order valence-electron chi connectivity index (χ1n) is 10.0. The first-order valence-corrected chi connectivity index (χ1v) is 10.0. The van der Waals surface area contributed by atoms with E-state index in [2.05, 4.69) is 9.97 Å². The van der Waals surface area contributed by atoms with E-state index >= 15 is 0 Å². The van der Waals surface area contributed by atoms with Crippen molar-refractivity contribution < 1.29 is 31.1 Å². The third-order valence-electron chi connectivity index (χ3n) is 5.92. The van der Waals surface area contributed by atoms with E-state index in [1.54, 1.807) is 6.07 Å². The molecule has 11 heteroatoms. The van der Waals surface area contributed by atoms with Crippen LogP contribution in [0.1, 0.15) is 34.5 Å². The maximum Gasteiger partial charge on any atom is 0.433 e. The fourth-order valence-corrected chi connectivity index (χ4v) is 4.42. The number of hydrogen-bond acceptors (Lipinski definition) is 4. The molecule has 1 aliphatic carbocycles. The van der Waals surface area contributed by atoms with Crippen LogP contribution < -0.4 is 10.5 Å². The summed E-state index contributed by atoms with van der Waals surface area (Å²) in [6.45, 7) is -1.29. The Kier molecular flexibility index (Phi) is 5.53. The molecule has 4 rings (SSSR count). The van der Waals surface area contributed by atoms with Crippen molar-refractivity contribution in [2.24, 2.45) is 0 Å². The average molecular weight is 470 g/mol. The zero-order valence-electron chi connectivity index (χ0n) is 17.5. The highest BCUT2D eigenvalue weighted by Crippen LogP contribution is 2.47. The number of fused-ring (bicyclic) bond motifs is 1. The molecule has 0 bridgehead atoms. The van der Waals surface area contributed by atoms with Crippen LogP contribution in [0.4, 0.5) is 32.3 Å². The van der Waals surface area contributed by atoms with Gasteiger partial charge < -0.3 is 15.0 Å². The predicted octanol–water partition coefficient (Wildman–Crippen LogP) is 4.93. The summed E-state index contributed by atoms with van der Waals surface area (Å²) in [6, 6.07) is 7.62. The fourth-order valence-electron chi connectivity index (χ4n) is 4.42. The van der Waals surface area contributed by atoms with E-state index in [-0.39, 0.29) is 12.4 Å². The number of methoxy groups -OCH3 is 1. The third-order valence-corrected chi connectivity index (χ3v) is 5.92. The Morgan fingerprint density at radius 1 is 1.12 bits per heavy atom. The summed E-state index contributed by atoms with van der Waals surface area (Å²) in [7, 11) is 1.53. The molecule has 1 atom stereocenters. The number of hydrogen-bond donors (Lipinski definition) is 1. The highest BCUT2D eigenvalue weighted by atomic mass is 19.4. The van der Waals surface area contributed by atoms with E-state index in [0.717, 1.165) is 28.0 Å². The van der Waals surface area contributed by atoms with Gasteiger partial charge in [0.1, 0.15) is 18.0 Å². The van der Waals surface area contributed by atoms with E-state index in [9.17, 15) is 26.3 Å². The number of aromatic nitrogens is 3. The molecule has 0 amide bonds. The second-order valence-electron chi connectivity index (χ2n) is 8.06. The molecule has 2 aromatic heterocycles. The second kappa shape index (κ2) is 7.96. The predicted molar refractivity (Wildman–Crippen MR) is 108 cm³/mol. The SMILES string of the molecule is COc1ccc2c(c1)CCC2(Cc1ccc(C(F)(F)F)nc1)c1cn(CC(F)(F)F)c(N)n1. The van der Waals surface area contributed by atoms with Crippen molar-refractivity contribution in [3.63, 3.8) is 0 Å². The number of halogens is 6. The smallest absolute Gasteiger partial charge is 0.433 e. The van der Waals surface area contributed by atoms with Crippen LogP contribution in [0.25, 0.3) is 0 Å². The number of ether oxygens (including phenoxy) is 1. The minimum Gasteiger partial charge on any atom is -0.497 e. The summed E-state index contributed by atoms with van der Waals surface area (Å²) in [4.78, 5) is 7.78. The van der Waals surface area contributed by atoms with Crippen molar-refractivity contribution in [2.75, 3.05) is 12.8 Å². The molecule has 1 aromatic carbocycles. The van der Waals surface area contributed by atoms with Crippen LogP contribution in [-0.4, -0.2) is 27.8 Å². The van der Waals surface area contributed by atoms with Crippen LogP contribution in [-0.2, 0) is 31.0 Å². The summed E-state index contributed by atoms with van der Waals surface area (Å²) < 4.78 is 83.8. The largest absolute Gasteiger partial charge is 0.497 e. The Morgan fingerprint density at radius 3 is 2.48 bits per heavy atom. The molecule has 1 unspecified atom stereocenters. The number of nitrogen functional groups attached to an aromatic ring is 1. The number of nitrogens with two attached hydrogens (primary N) is 1. The van der Waals surface area contributed by atoms with Gasteiger partial charge in [0.25, 0.3) is 0 Å². The lowest BCUT2D eigenvalue weighted by atomic mass is 9.74. The Balaban J connectivity index is 1.80. The summed E-state index contributed by atoms with van der Waals surface area (Å²) in [5, 5.41) is 0. The lowest BCUT2D eigenvalue weighted by Gasteiger charge is -2.29. The Bertz CT molecular complexity index is 1150. The van der Waals surface area contributed by atoms with Gasteiger partial charge in [0, 0.05) is 17.8 Å². The van der Waals surface area contributed by atoms with Crippen molar-refractivity contribution in [3.8, 4) is 5.75 Å². The minimum absolute atomic E-state index is 0.194. The average Bonchev–Trinajstić information content (AvgIpc) is 3.27. The quantitative estimate of drug-likeness (QED) is 0.538. The molecule has 2 heterocycles. The summed E-state index contributed by atoms with van der Waals surface area (Å²) in [5.41, 5.74) is 6.47. The first kappa shape index (κ1) is 22.9. The molecule has 0 fully saturated rings. The highest BCUT2D eigenvalue weighted by molar-refractivity contribution is 5.51. The van der Waals surface area contributed by atoms with E-state index in [1.165, 1.54) is 19.4 Å². The normalized spacial score (nSPS) is 18.4. The monoisotopic (exact) mass is 470 g/mol. The standard InChI is InChI=1S/C22H20F6N4O/c1-33-15-3-4-16-14(8-15)6-7-20(16,9-13-2-5-17(30-10-13)22(26,27)28)18-11-32(19(29)31-18)12-21(23,24)25/h2-5,8,10-11H,6-7,9,12H2,1H3,(H2,29,31). The van der Waals surface area contributed by atoms with Crippen molar-refractivity contribution in [2.45, 2.75) is 43.6 Å². The Labute approximate surface area is 185 Å². The molecule has 0 saturated heterocycles. The zero-order valence-corrected chi connectivity index (χ0v) is 17.5. The van der Waals surface area contributed by atoms with Gasteiger partial charge in [-0.1, -0.05) is 12.1 Å². The maximum absolute atomic E-state index is 13.0. The summed E-state index contributed by atoms with van der Waals surface area (Å²) >= 11 is 0. The topological polar surface area (TPSA) is 66.0 Å². The molecule has 3 aromatic rings. The van der Waals surface area contributed by atoms with Gasteiger partial charge in [0.15, 0.2) is 0 Å². The molecule has 0 spiro atoms. The van der Waals surface area contributed by atoms with Crippen LogP contribution in [0.5, 0.6) is 5.75 Å². The molecule has 0 aliphatic heterocycles.